The van der Waals surface area contributed by atoms with Crippen LogP contribution in [-0.2, 0) is 20.4 Å². The monoisotopic (exact) mass is 760 g/mol. The van der Waals surface area contributed by atoms with Crippen LogP contribution in [0.1, 0.15) is 141 Å². The molecule has 0 heterocycles. The lowest BCUT2D eigenvalue weighted by molar-refractivity contribution is -0.145. The first-order valence-electron chi connectivity index (χ1n) is 21.1. The maximum Gasteiger partial charge on any atom is 0.314 e. The zero-order valence-corrected chi connectivity index (χ0v) is 34.7. The molecular formula is C50H64O6. The summed E-state index contributed by atoms with van der Waals surface area (Å²) in [4.78, 5) is 26.3. The summed E-state index contributed by atoms with van der Waals surface area (Å²) in [5.74, 6) is 1.91. The summed E-state index contributed by atoms with van der Waals surface area (Å²) in [6, 6.07) is 32.4. The summed E-state index contributed by atoms with van der Waals surface area (Å²) < 4.78 is 23.5. The topological polar surface area (TPSA) is 71.1 Å². The van der Waals surface area contributed by atoms with E-state index in [1.165, 1.54) is 49.7 Å². The molecule has 0 bridgehead atoms. The fourth-order valence-electron chi connectivity index (χ4n) is 7.55. The van der Waals surface area contributed by atoms with Crippen molar-refractivity contribution >= 4 is 11.9 Å². The maximum absolute atomic E-state index is 13.1. The number of carbonyl (C=O) groups is 2. The van der Waals surface area contributed by atoms with E-state index in [9.17, 15) is 9.59 Å². The van der Waals surface area contributed by atoms with Gasteiger partial charge >= 0.3 is 11.9 Å². The zero-order chi connectivity index (χ0) is 40.0. The third kappa shape index (κ3) is 11.7. The van der Waals surface area contributed by atoms with Crippen molar-refractivity contribution in [1.82, 2.24) is 0 Å². The predicted molar refractivity (Wildman–Crippen MR) is 226 cm³/mol. The Labute approximate surface area is 336 Å². The Morgan fingerprint density at radius 1 is 0.446 bits per heavy atom. The van der Waals surface area contributed by atoms with Crippen LogP contribution in [0, 0.1) is 11.8 Å². The van der Waals surface area contributed by atoms with Crippen molar-refractivity contribution in [3.63, 3.8) is 0 Å². The molecule has 1 fully saturated rings. The van der Waals surface area contributed by atoms with Crippen molar-refractivity contribution in [1.29, 1.82) is 0 Å². The minimum atomic E-state index is -0.240. The molecule has 1 aliphatic rings. The molecule has 300 valence electrons. The Hall–Kier alpha value is -4.58. The Balaban J connectivity index is 1.05. The smallest absolute Gasteiger partial charge is 0.314 e. The highest BCUT2D eigenvalue weighted by Crippen LogP contribution is 2.36. The Bertz CT molecular complexity index is 1650. The SMILES string of the molecule is CCCCCCOc1ccc(C(C)(C)c2ccc(OC(=O)[C@H]3CC[C@H](C(=O)Oc4ccc(C(C)(C)c5ccc(OCCCCCC)cc5)cc4)CC3)cc2)cc1. The molecule has 4 aromatic rings. The second-order valence-corrected chi connectivity index (χ2v) is 16.6. The van der Waals surface area contributed by atoms with Gasteiger partial charge < -0.3 is 18.9 Å². The molecule has 5 rings (SSSR count). The lowest BCUT2D eigenvalue weighted by Gasteiger charge is -2.27. The number of hydrogen-bond acceptors (Lipinski definition) is 6. The summed E-state index contributed by atoms with van der Waals surface area (Å²) in [6.07, 6.45) is 11.9. The van der Waals surface area contributed by atoms with Crippen molar-refractivity contribution in [3.05, 3.63) is 119 Å². The zero-order valence-electron chi connectivity index (χ0n) is 34.7. The molecule has 6 nitrogen and oxygen atoms in total. The summed E-state index contributed by atoms with van der Waals surface area (Å²) in [7, 11) is 0. The van der Waals surface area contributed by atoms with E-state index in [0.29, 0.717) is 37.2 Å². The number of rotatable bonds is 20. The second-order valence-electron chi connectivity index (χ2n) is 16.6. The predicted octanol–water partition coefficient (Wildman–Crippen LogP) is 12.6. The average molecular weight is 761 g/mol. The first-order chi connectivity index (χ1) is 27.0. The van der Waals surface area contributed by atoms with Crippen LogP contribution in [0.15, 0.2) is 97.1 Å². The van der Waals surface area contributed by atoms with E-state index in [1.54, 1.807) is 0 Å². The number of hydrogen-bond donors (Lipinski definition) is 0. The molecule has 1 saturated carbocycles. The van der Waals surface area contributed by atoms with Crippen molar-refractivity contribution < 1.29 is 28.5 Å². The largest absolute Gasteiger partial charge is 0.494 e. The molecule has 0 amide bonds. The van der Waals surface area contributed by atoms with E-state index >= 15 is 0 Å². The van der Waals surface area contributed by atoms with Crippen LogP contribution < -0.4 is 18.9 Å². The molecule has 0 N–H and O–H groups in total. The quantitative estimate of drug-likeness (QED) is 0.0507. The van der Waals surface area contributed by atoms with Gasteiger partial charge in [-0.2, -0.15) is 0 Å². The molecule has 0 saturated heterocycles. The van der Waals surface area contributed by atoms with E-state index < -0.39 is 0 Å². The van der Waals surface area contributed by atoms with Gasteiger partial charge in [-0.1, -0.05) is 129 Å². The maximum atomic E-state index is 13.1. The highest BCUT2D eigenvalue weighted by Gasteiger charge is 2.33. The normalized spacial score (nSPS) is 15.9. The van der Waals surface area contributed by atoms with Gasteiger partial charge in [0.1, 0.15) is 23.0 Å². The van der Waals surface area contributed by atoms with E-state index in [4.69, 9.17) is 18.9 Å². The molecule has 0 unspecified atom stereocenters. The second kappa shape index (κ2) is 20.5. The standard InChI is InChI=1S/C50H64O6/c1-7-9-11-13-35-53-43-27-19-39(20-28-43)49(3,4)41-23-31-45(32-24-41)55-47(51)37-15-17-38(18-16-37)48(52)56-46-33-25-42(26-34-46)50(5,6)40-21-29-44(30-22-40)54-36-14-12-10-8-2/h19-34,37-38H,7-18,35-36H2,1-6H3/t37-,38-. The van der Waals surface area contributed by atoms with Crippen LogP contribution in [0.25, 0.3) is 0 Å². The van der Waals surface area contributed by atoms with Crippen molar-refractivity contribution in [3.8, 4) is 23.0 Å². The molecule has 56 heavy (non-hydrogen) atoms. The molecule has 6 heteroatoms. The van der Waals surface area contributed by atoms with Gasteiger partial charge in [0, 0.05) is 10.8 Å². The van der Waals surface area contributed by atoms with Crippen molar-refractivity contribution in [2.45, 2.75) is 129 Å². The Morgan fingerprint density at radius 3 is 1.02 bits per heavy atom. The number of unbranched alkanes of at least 4 members (excludes halogenated alkanes) is 6. The number of ether oxygens (including phenoxy) is 4. The summed E-state index contributed by atoms with van der Waals surface area (Å²) in [5.41, 5.74) is 4.17. The molecule has 0 spiro atoms. The van der Waals surface area contributed by atoms with Gasteiger partial charge in [-0.25, -0.2) is 0 Å². The number of benzene rings is 4. The third-order valence-electron chi connectivity index (χ3n) is 11.7. The van der Waals surface area contributed by atoms with Gasteiger partial charge in [-0.3, -0.25) is 9.59 Å². The van der Waals surface area contributed by atoms with Gasteiger partial charge in [0.25, 0.3) is 0 Å². The third-order valence-corrected chi connectivity index (χ3v) is 11.7. The van der Waals surface area contributed by atoms with Crippen molar-refractivity contribution in [2.24, 2.45) is 11.8 Å². The van der Waals surface area contributed by atoms with Crippen LogP contribution in [0.3, 0.4) is 0 Å². The van der Waals surface area contributed by atoms with Gasteiger partial charge in [0.05, 0.1) is 25.0 Å². The molecule has 4 aromatic carbocycles. The molecule has 0 aliphatic heterocycles. The number of carbonyl (C=O) groups excluding carboxylic acids is 2. The molecule has 0 radical (unpaired) electrons. The van der Waals surface area contributed by atoms with Gasteiger partial charge in [0.2, 0.25) is 0 Å². The van der Waals surface area contributed by atoms with Gasteiger partial charge in [-0.15, -0.1) is 0 Å². The highest BCUT2D eigenvalue weighted by molar-refractivity contribution is 5.78. The molecule has 0 aromatic heterocycles. The summed E-state index contributed by atoms with van der Waals surface area (Å²) in [5, 5.41) is 0. The lowest BCUT2D eigenvalue weighted by atomic mass is 9.78. The first-order valence-corrected chi connectivity index (χ1v) is 21.1. The molecule has 1 aliphatic carbocycles. The Morgan fingerprint density at radius 2 is 0.732 bits per heavy atom. The van der Waals surface area contributed by atoms with Crippen molar-refractivity contribution in [2.75, 3.05) is 13.2 Å². The van der Waals surface area contributed by atoms with E-state index in [-0.39, 0.29) is 34.6 Å². The van der Waals surface area contributed by atoms with Crippen LogP contribution in [0.2, 0.25) is 0 Å². The van der Waals surface area contributed by atoms with Crippen LogP contribution in [0.5, 0.6) is 23.0 Å². The van der Waals surface area contributed by atoms with Gasteiger partial charge in [-0.05, 0) is 109 Å². The fourth-order valence-corrected chi connectivity index (χ4v) is 7.55. The summed E-state index contributed by atoms with van der Waals surface area (Å²) in [6.45, 7) is 14.7. The van der Waals surface area contributed by atoms with Crippen LogP contribution in [0.4, 0.5) is 0 Å². The van der Waals surface area contributed by atoms with Crippen LogP contribution in [-0.4, -0.2) is 25.2 Å². The summed E-state index contributed by atoms with van der Waals surface area (Å²) >= 11 is 0. The fraction of sp³-hybridized carbons (Fsp3) is 0.480. The van der Waals surface area contributed by atoms with E-state index in [0.717, 1.165) is 48.7 Å². The minimum absolute atomic E-state index is 0.233. The number of esters is 2. The van der Waals surface area contributed by atoms with Crippen LogP contribution >= 0.6 is 0 Å². The first kappa shape index (κ1) is 42.6. The lowest BCUT2D eigenvalue weighted by Crippen LogP contribution is -2.30. The molecule has 0 atom stereocenters. The Kier molecular flexibility index (Phi) is 15.6. The van der Waals surface area contributed by atoms with Gasteiger partial charge in [0.15, 0.2) is 0 Å². The van der Waals surface area contributed by atoms with E-state index in [2.05, 4.69) is 65.8 Å². The minimum Gasteiger partial charge on any atom is -0.494 e. The molecular weight excluding hydrogens is 697 g/mol. The van der Waals surface area contributed by atoms with E-state index in [1.807, 2.05) is 72.8 Å². The highest BCUT2D eigenvalue weighted by atomic mass is 16.5. The average Bonchev–Trinajstić information content (AvgIpc) is 3.21.